The Kier molecular flexibility index (Phi) is 5.85. The zero-order valence-corrected chi connectivity index (χ0v) is 19.0. The number of nitrogens with zero attached hydrogens (tertiary/aromatic N) is 1. The molecular weight excluding hydrogens is 454 g/mol. The van der Waals surface area contributed by atoms with E-state index in [0.29, 0.717) is 49.1 Å². The molecule has 2 heterocycles. The number of rotatable bonds is 7. The molecule has 4 aromatic rings. The van der Waals surface area contributed by atoms with Gasteiger partial charge in [0.15, 0.2) is 11.5 Å². The fourth-order valence-electron chi connectivity index (χ4n) is 3.81. The molecule has 1 amide bonds. The van der Waals surface area contributed by atoms with E-state index in [9.17, 15) is 13.2 Å². The predicted molar refractivity (Wildman–Crippen MR) is 130 cm³/mol. The van der Waals surface area contributed by atoms with Crippen LogP contribution in [0.3, 0.4) is 0 Å². The minimum atomic E-state index is -3.81. The van der Waals surface area contributed by atoms with E-state index in [4.69, 9.17) is 9.47 Å². The number of hydrogen-bond donors (Lipinski definition) is 2. The van der Waals surface area contributed by atoms with Crippen molar-refractivity contribution in [2.75, 3.05) is 23.3 Å². The van der Waals surface area contributed by atoms with E-state index < -0.39 is 10.0 Å². The van der Waals surface area contributed by atoms with Gasteiger partial charge in [-0.25, -0.2) is 8.42 Å². The monoisotopic (exact) mass is 477 g/mol. The van der Waals surface area contributed by atoms with Gasteiger partial charge in [0, 0.05) is 42.1 Å². The average molecular weight is 478 g/mol. The maximum absolute atomic E-state index is 12.8. The molecule has 3 aromatic carbocycles. The standard InChI is InChI=1S/C25H23N3O5S/c29-25(12-14-28-13-11-18-3-1-2-4-22(18)28)26-19-5-7-20(8-6-19)27-34(30,31)21-9-10-23-24(17-21)33-16-15-32-23/h1-11,13,17,27H,12,14-16H2,(H,26,29). The second-order valence-corrected chi connectivity index (χ2v) is 9.54. The molecule has 2 N–H and O–H groups in total. The Morgan fingerprint density at radius 1 is 0.882 bits per heavy atom. The summed E-state index contributed by atoms with van der Waals surface area (Å²) in [6, 6.07) is 21.1. The average Bonchev–Trinajstić information content (AvgIpc) is 3.27. The van der Waals surface area contributed by atoms with Gasteiger partial charge in [-0.05, 0) is 53.9 Å². The number of benzene rings is 3. The summed E-state index contributed by atoms with van der Waals surface area (Å²) in [5, 5.41) is 3.98. The lowest BCUT2D eigenvalue weighted by Gasteiger charge is -2.19. The van der Waals surface area contributed by atoms with E-state index in [1.165, 1.54) is 12.1 Å². The van der Waals surface area contributed by atoms with Crippen molar-refractivity contribution < 1.29 is 22.7 Å². The molecule has 0 fully saturated rings. The third-order valence-corrected chi connectivity index (χ3v) is 6.88. The van der Waals surface area contributed by atoms with Crippen LogP contribution in [0.4, 0.5) is 11.4 Å². The maximum atomic E-state index is 12.8. The van der Waals surface area contributed by atoms with E-state index in [2.05, 4.69) is 10.0 Å². The number of carbonyl (C=O) groups is 1. The highest BCUT2D eigenvalue weighted by molar-refractivity contribution is 7.92. The molecule has 0 unspecified atom stereocenters. The summed E-state index contributed by atoms with van der Waals surface area (Å²) in [6.07, 6.45) is 2.29. The third kappa shape index (κ3) is 4.69. The number of amides is 1. The van der Waals surface area contributed by atoms with Crippen LogP contribution >= 0.6 is 0 Å². The van der Waals surface area contributed by atoms with E-state index in [0.717, 1.165) is 10.9 Å². The number of ether oxygens (including phenoxy) is 2. The summed E-state index contributed by atoms with van der Waals surface area (Å²) >= 11 is 0. The Hall–Kier alpha value is -3.98. The van der Waals surface area contributed by atoms with Gasteiger partial charge in [0.1, 0.15) is 13.2 Å². The molecule has 9 heteroatoms. The molecule has 0 radical (unpaired) electrons. The van der Waals surface area contributed by atoms with Crippen LogP contribution in [-0.2, 0) is 21.4 Å². The number of aryl methyl sites for hydroxylation is 1. The first kappa shape index (κ1) is 21.8. The molecule has 1 aromatic heterocycles. The Labute approximate surface area is 197 Å². The summed E-state index contributed by atoms with van der Waals surface area (Å²) in [6.45, 7) is 1.37. The number of sulfonamides is 1. The number of anilines is 2. The van der Waals surface area contributed by atoms with E-state index in [1.807, 2.05) is 41.1 Å². The van der Waals surface area contributed by atoms with Crippen molar-refractivity contribution in [2.45, 2.75) is 17.9 Å². The molecular formula is C25H23N3O5S. The van der Waals surface area contributed by atoms with Crippen LogP contribution < -0.4 is 19.5 Å². The molecule has 1 aliphatic rings. The van der Waals surface area contributed by atoms with Crippen molar-refractivity contribution >= 4 is 38.2 Å². The van der Waals surface area contributed by atoms with Gasteiger partial charge in [0.2, 0.25) is 5.91 Å². The van der Waals surface area contributed by atoms with Gasteiger partial charge in [0.25, 0.3) is 10.0 Å². The van der Waals surface area contributed by atoms with E-state index in [-0.39, 0.29) is 10.8 Å². The molecule has 174 valence electrons. The highest BCUT2D eigenvalue weighted by atomic mass is 32.2. The van der Waals surface area contributed by atoms with Gasteiger partial charge < -0.3 is 19.4 Å². The number of carbonyl (C=O) groups excluding carboxylic acids is 1. The number of para-hydroxylation sites is 1. The second kappa shape index (κ2) is 9.11. The summed E-state index contributed by atoms with van der Waals surface area (Å²) in [4.78, 5) is 12.5. The van der Waals surface area contributed by atoms with Gasteiger partial charge in [-0.2, -0.15) is 0 Å². The van der Waals surface area contributed by atoms with Gasteiger partial charge >= 0.3 is 0 Å². The number of nitrogens with one attached hydrogen (secondary N) is 2. The van der Waals surface area contributed by atoms with Crippen molar-refractivity contribution in [2.24, 2.45) is 0 Å². The first-order valence-electron chi connectivity index (χ1n) is 10.8. The molecule has 0 saturated heterocycles. The SMILES string of the molecule is O=C(CCn1ccc2ccccc21)Nc1ccc(NS(=O)(=O)c2ccc3c(c2)OCCO3)cc1. The van der Waals surface area contributed by atoms with Gasteiger partial charge in [-0.15, -0.1) is 0 Å². The van der Waals surface area contributed by atoms with Crippen LogP contribution in [0, 0.1) is 0 Å². The fourth-order valence-corrected chi connectivity index (χ4v) is 4.88. The van der Waals surface area contributed by atoms with Crippen LogP contribution in [0.5, 0.6) is 11.5 Å². The Balaban J connectivity index is 1.19. The minimum absolute atomic E-state index is 0.0756. The van der Waals surface area contributed by atoms with Crippen molar-refractivity contribution in [3.05, 3.63) is 79.0 Å². The van der Waals surface area contributed by atoms with Crippen LogP contribution in [0.15, 0.2) is 83.9 Å². The third-order valence-electron chi connectivity index (χ3n) is 5.50. The second-order valence-electron chi connectivity index (χ2n) is 7.85. The normalized spacial score (nSPS) is 12.9. The number of aromatic nitrogens is 1. The Morgan fingerprint density at radius 3 is 2.44 bits per heavy atom. The van der Waals surface area contributed by atoms with Crippen molar-refractivity contribution in [1.29, 1.82) is 0 Å². The summed E-state index contributed by atoms with van der Waals surface area (Å²) < 4.78 is 41.0. The maximum Gasteiger partial charge on any atom is 0.262 e. The first-order valence-corrected chi connectivity index (χ1v) is 12.3. The van der Waals surface area contributed by atoms with Crippen molar-refractivity contribution in [3.63, 3.8) is 0 Å². The number of hydrogen-bond acceptors (Lipinski definition) is 5. The molecule has 1 aliphatic heterocycles. The molecule has 0 bridgehead atoms. The highest BCUT2D eigenvalue weighted by Gasteiger charge is 2.19. The van der Waals surface area contributed by atoms with Crippen molar-refractivity contribution in [3.8, 4) is 11.5 Å². The van der Waals surface area contributed by atoms with E-state index >= 15 is 0 Å². The largest absolute Gasteiger partial charge is 0.486 e. The van der Waals surface area contributed by atoms with Gasteiger partial charge in [-0.3, -0.25) is 9.52 Å². The Morgan fingerprint density at radius 2 is 1.62 bits per heavy atom. The summed E-state index contributed by atoms with van der Waals surface area (Å²) in [5.74, 6) is 0.803. The summed E-state index contributed by atoms with van der Waals surface area (Å²) in [5.41, 5.74) is 2.06. The lowest BCUT2D eigenvalue weighted by molar-refractivity contribution is -0.116. The van der Waals surface area contributed by atoms with Gasteiger partial charge in [-0.1, -0.05) is 18.2 Å². The molecule has 0 atom stereocenters. The topological polar surface area (TPSA) is 98.7 Å². The molecule has 5 rings (SSSR count). The lowest BCUT2D eigenvalue weighted by atomic mass is 10.2. The molecule has 0 saturated carbocycles. The molecule has 8 nitrogen and oxygen atoms in total. The number of fused-ring (bicyclic) bond motifs is 2. The minimum Gasteiger partial charge on any atom is -0.486 e. The molecule has 34 heavy (non-hydrogen) atoms. The summed E-state index contributed by atoms with van der Waals surface area (Å²) in [7, 11) is -3.81. The Bertz CT molecular complexity index is 1450. The first-order chi connectivity index (χ1) is 16.5. The van der Waals surface area contributed by atoms with Crippen molar-refractivity contribution in [1.82, 2.24) is 4.57 Å². The lowest BCUT2D eigenvalue weighted by Crippen LogP contribution is -2.17. The van der Waals surface area contributed by atoms with Crippen LogP contribution in [-0.4, -0.2) is 32.1 Å². The zero-order valence-electron chi connectivity index (χ0n) is 18.2. The quantitative estimate of drug-likeness (QED) is 0.415. The highest BCUT2D eigenvalue weighted by Crippen LogP contribution is 2.32. The van der Waals surface area contributed by atoms with Crippen LogP contribution in [0.1, 0.15) is 6.42 Å². The van der Waals surface area contributed by atoms with Crippen LogP contribution in [0.2, 0.25) is 0 Å². The fraction of sp³-hybridized carbons (Fsp3) is 0.160. The van der Waals surface area contributed by atoms with E-state index in [1.54, 1.807) is 30.3 Å². The smallest absolute Gasteiger partial charge is 0.262 e. The zero-order chi connectivity index (χ0) is 23.5. The predicted octanol–water partition coefficient (Wildman–Crippen LogP) is 4.24. The van der Waals surface area contributed by atoms with Gasteiger partial charge in [0.05, 0.1) is 4.90 Å². The van der Waals surface area contributed by atoms with Crippen LogP contribution in [0.25, 0.3) is 10.9 Å². The molecule has 0 spiro atoms. The molecule has 0 aliphatic carbocycles.